The van der Waals surface area contributed by atoms with E-state index in [1.165, 1.54) is 12.1 Å². The van der Waals surface area contributed by atoms with E-state index in [9.17, 15) is 18.8 Å². The predicted octanol–water partition coefficient (Wildman–Crippen LogP) is 5.61. The van der Waals surface area contributed by atoms with Gasteiger partial charge in [-0.05, 0) is 61.2 Å². The molecule has 2 aromatic carbocycles. The maximum Gasteiger partial charge on any atom is 0.294 e. The number of hydrogen-bond donors (Lipinski definition) is 2. The zero-order valence-electron chi connectivity index (χ0n) is 21.0. The number of hydrogen-bond acceptors (Lipinski definition) is 6. The third-order valence-electron chi connectivity index (χ3n) is 6.46. The number of nitriles is 2. The van der Waals surface area contributed by atoms with E-state index in [0.717, 1.165) is 40.9 Å². The summed E-state index contributed by atoms with van der Waals surface area (Å²) in [6.45, 7) is 2.41. The molecule has 1 saturated carbocycles. The second-order valence-electron chi connectivity index (χ2n) is 9.12. The highest BCUT2D eigenvalue weighted by atomic mass is 35.5. The highest BCUT2D eigenvalue weighted by Crippen LogP contribution is 2.46. The van der Waals surface area contributed by atoms with Gasteiger partial charge in [0.05, 0.1) is 28.7 Å². The lowest BCUT2D eigenvalue weighted by atomic mass is 9.99. The van der Waals surface area contributed by atoms with Crippen molar-refractivity contribution in [2.45, 2.75) is 43.7 Å². The third-order valence-corrected chi connectivity index (χ3v) is 7.67. The first-order valence-electron chi connectivity index (χ1n) is 12.1. The number of aliphatic hydroxyl groups is 1. The van der Waals surface area contributed by atoms with Crippen LogP contribution in [-0.4, -0.2) is 27.6 Å². The Bertz CT molecular complexity index is 1680. The minimum Gasteiger partial charge on any atom is -0.392 e. The zero-order chi connectivity index (χ0) is 28.2. The molecule has 1 aliphatic carbocycles. The van der Waals surface area contributed by atoms with Crippen molar-refractivity contribution in [2.75, 3.05) is 0 Å². The molecule has 1 fully saturated rings. The zero-order valence-corrected chi connectivity index (χ0v) is 22.6. The van der Waals surface area contributed by atoms with Crippen LogP contribution in [0.1, 0.15) is 52.4 Å². The SMILES string of the molecule is Cc1c(-c2ccc(C#N)cc2)c(C#N)c(C2CC2)n1Cc1cnc(Cl)c(CO)c1.O=S(=O)(O)c1ccccc1. The summed E-state index contributed by atoms with van der Waals surface area (Å²) in [5.74, 6) is 0.382. The normalized spacial score (nSPS) is 12.7. The van der Waals surface area contributed by atoms with Crippen molar-refractivity contribution in [1.29, 1.82) is 10.5 Å². The van der Waals surface area contributed by atoms with Crippen molar-refractivity contribution in [3.05, 3.63) is 106 Å². The molecule has 2 N–H and O–H groups in total. The molecule has 0 spiro atoms. The number of rotatable bonds is 6. The van der Waals surface area contributed by atoms with Crippen LogP contribution in [0.5, 0.6) is 0 Å². The topological polar surface area (TPSA) is 140 Å². The Morgan fingerprint density at radius 1 is 1.08 bits per heavy atom. The van der Waals surface area contributed by atoms with Crippen LogP contribution < -0.4 is 0 Å². The first-order valence-corrected chi connectivity index (χ1v) is 13.9. The molecular weight excluding hydrogens is 536 g/mol. The number of aliphatic hydroxyl groups excluding tert-OH is 1. The maximum absolute atomic E-state index is 10.4. The molecule has 10 heteroatoms. The minimum absolute atomic E-state index is 0.0741. The molecule has 0 amide bonds. The predicted molar refractivity (Wildman–Crippen MR) is 147 cm³/mol. The average Bonchev–Trinajstić information content (AvgIpc) is 3.74. The fourth-order valence-electron chi connectivity index (χ4n) is 4.44. The number of benzene rings is 2. The van der Waals surface area contributed by atoms with Crippen LogP contribution in [0.3, 0.4) is 0 Å². The van der Waals surface area contributed by atoms with Gasteiger partial charge in [-0.15, -0.1) is 0 Å². The standard InChI is InChI=1S/C23H19ClN4O.C6H6O3S/c1-14-21(17-4-2-15(9-25)3-5-17)20(10-26)22(18-6-7-18)28(14)12-16-8-19(13-29)23(24)27-11-16;7-10(8,9)6-4-2-1-3-5-6/h2-5,8,11,18,29H,6-7,12-13H2,1H3;1-5H,(H,7,8,9). The van der Waals surface area contributed by atoms with Gasteiger partial charge in [-0.25, -0.2) is 4.98 Å². The van der Waals surface area contributed by atoms with Crippen LogP contribution in [0.15, 0.2) is 71.8 Å². The van der Waals surface area contributed by atoms with Gasteiger partial charge in [-0.2, -0.15) is 18.9 Å². The van der Waals surface area contributed by atoms with E-state index >= 15 is 0 Å². The summed E-state index contributed by atoms with van der Waals surface area (Å²) in [6.07, 6.45) is 3.86. The monoisotopic (exact) mass is 560 g/mol. The van der Waals surface area contributed by atoms with Crippen molar-refractivity contribution >= 4 is 21.7 Å². The Labute approximate surface area is 232 Å². The molecule has 2 aromatic heterocycles. The van der Waals surface area contributed by atoms with Gasteiger partial charge in [0.25, 0.3) is 10.1 Å². The number of nitrogens with zero attached hydrogens (tertiary/aromatic N) is 4. The van der Waals surface area contributed by atoms with E-state index in [-0.39, 0.29) is 11.5 Å². The van der Waals surface area contributed by atoms with Crippen molar-refractivity contribution < 1.29 is 18.1 Å². The van der Waals surface area contributed by atoms with Crippen molar-refractivity contribution in [3.8, 4) is 23.3 Å². The highest BCUT2D eigenvalue weighted by molar-refractivity contribution is 7.85. The van der Waals surface area contributed by atoms with E-state index in [1.54, 1.807) is 36.5 Å². The Kier molecular flexibility index (Phi) is 8.49. The van der Waals surface area contributed by atoms with Gasteiger partial charge in [0, 0.05) is 41.2 Å². The summed E-state index contributed by atoms with van der Waals surface area (Å²) in [4.78, 5) is 4.11. The van der Waals surface area contributed by atoms with Crippen LogP contribution in [-0.2, 0) is 23.3 Å². The molecule has 39 heavy (non-hydrogen) atoms. The van der Waals surface area contributed by atoms with Gasteiger partial charge in [0.2, 0.25) is 0 Å². The number of pyridine rings is 1. The molecular formula is C29H25ClN4O4S. The molecule has 0 aliphatic heterocycles. The Hall–Kier alpha value is -3.99. The van der Waals surface area contributed by atoms with Crippen LogP contribution >= 0.6 is 11.6 Å². The van der Waals surface area contributed by atoms with Gasteiger partial charge in [0.15, 0.2) is 0 Å². The molecule has 0 atom stereocenters. The van der Waals surface area contributed by atoms with Crippen molar-refractivity contribution in [1.82, 2.24) is 9.55 Å². The average molecular weight is 561 g/mol. The summed E-state index contributed by atoms with van der Waals surface area (Å²) < 4.78 is 31.4. The molecule has 5 rings (SSSR count). The lowest BCUT2D eigenvalue weighted by Gasteiger charge is -2.13. The molecule has 2 heterocycles. The Morgan fingerprint density at radius 3 is 2.26 bits per heavy atom. The summed E-state index contributed by atoms with van der Waals surface area (Å²) >= 11 is 6.03. The van der Waals surface area contributed by atoms with Gasteiger partial charge in [0.1, 0.15) is 11.2 Å². The van der Waals surface area contributed by atoms with Crippen LogP contribution in [0.25, 0.3) is 11.1 Å². The largest absolute Gasteiger partial charge is 0.392 e. The Morgan fingerprint density at radius 2 is 1.74 bits per heavy atom. The van der Waals surface area contributed by atoms with E-state index < -0.39 is 10.1 Å². The second-order valence-corrected chi connectivity index (χ2v) is 10.9. The number of halogens is 1. The van der Waals surface area contributed by atoms with E-state index in [4.69, 9.17) is 21.4 Å². The molecule has 0 bridgehead atoms. The summed E-state index contributed by atoms with van der Waals surface area (Å²) in [6, 6.07) is 21.2. The van der Waals surface area contributed by atoms with Crippen molar-refractivity contribution in [3.63, 3.8) is 0 Å². The van der Waals surface area contributed by atoms with E-state index in [2.05, 4.69) is 21.7 Å². The van der Waals surface area contributed by atoms with Crippen LogP contribution in [0, 0.1) is 29.6 Å². The first-order chi connectivity index (χ1) is 18.7. The molecule has 0 unspecified atom stereocenters. The summed E-state index contributed by atoms with van der Waals surface area (Å²) in [5.41, 5.74) is 6.74. The van der Waals surface area contributed by atoms with Gasteiger partial charge in [-0.1, -0.05) is 41.9 Å². The van der Waals surface area contributed by atoms with Crippen molar-refractivity contribution in [2.24, 2.45) is 0 Å². The molecule has 198 valence electrons. The Balaban J connectivity index is 0.000000298. The molecule has 0 radical (unpaired) electrons. The second kappa shape index (κ2) is 11.8. The molecule has 4 aromatic rings. The van der Waals surface area contributed by atoms with Gasteiger partial charge >= 0.3 is 0 Å². The first kappa shape index (κ1) is 28.0. The smallest absolute Gasteiger partial charge is 0.294 e. The lowest BCUT2D eigenvalue weighted by Crippen LogP contribution is -2.07. The summed E-state index contributed by atoms with van der Waals surface area (Å²) in [7, 11) is -4.00. The minimum atomic E-state index is -4.00. The van der Waals surface area contributed by atoms with Gasteiger partial charge in [-0.3, -0.25) is 4.55 Å². The summed E-state index contributed by atoms with van der Waals surface area (Å²) in [5, 5.41) is 28.9. The van der Waals surface area contributed by atoms with Crippen LogP contribution in [0.4, 0.5) is 0 Å². The van der Waals surface area contributed by atoms with Crippen LogP contribution in [0.2, 0.25) is 5.15 Å². The number of aromatic nitrogens is 2. The fourth-order valence-corrected chi connectivity index (χ4v) is 5.10. The van der Waals surface area contributed by atoms with E-state index in [1.807, 2.05) is 25.1 Å². The fraction of sp³-hybridized carbons (Fsp3) is 0.207. The lowest BCUT2D eigenvalue weighted by molar-refractivity contribution is 0.281. The molecule has 1 aliphatic rings. The van der Waals surface area contributed by atoms with Gasteiger partial charge < -0.3 is 9.67 Å². The maximum atomic E-state index is 10.4. The molecule has 0 saturated heterocycles. The third kappa shape index (κ3) is 6.36. The highest BCUT2D eigenvalue weighted by Gasteiger charge is 2.33. The van der Waals surface area contributed by atoms with E-state index in [0.29, 0.717) is 34.3 Å². The molecule has 8 nitrogen and oxygen atoms in total. The quantitative estimate of drug-likeness (QED) is 0.231.